The number of ether oxygens (including phenoxy) is 2. The Hall–Kier alpha value is -2.16. The maximum atomic E-state index is 6.19. The van der Waals surface area contributed by atoms with Crippen LogP contribution < -0.4 is 14.8 Å². The van der Waals surface area contributed by atoms with Gasteiger partial charge in [-0.2, -0.15) is 0 Å². The standard InChI is InChI=1S/C22H29NO2/c1-15-11-16(2)20(17(3)12-15)14-23-18-9-10-21(24-4)22(13-18)25-19-7-5-6-8-19/h9-13,19,23H,5-8,14H2,1-4H3. The first-order valence-electron chi connectivity index (χ1n) is 9.22. The Morgan fingerprint density at radius 3 is 2.28 bits per heavy atom. The quantitative estimate of drug-likeness (QED) is 0.748. The predicted octanol–water partition coefficient (Wildman–Crippen LogP) is 5.55. The van der Waals surface area contributed by atoms with Gasteiger partial charge in [-0.05, 0) is 75.3 Å². The average Bonchev–Trinajstić information content (AvgIpc) is 3.07. The molecule has 0 amide bonds. The molecule has 0 radical (unpaired) electrons. The maximum absolute atomic E-state index is 6.19. The molecule has 0 saturated heterocycles. The SMILES string of the molecule is COc1ccc(NCc2c(C)cc(C)cc2C)cc1OC1CCCC1. The molecule has 0 atom stereocenters. The van der Waals surface area contributed by atoms with E-state index in [1.54, 1.807) is 7.11 Å². The molecule has 0 aromatic heterocycles. The number of benzene rings is 2. The lowest BCUT2D eigenvalue weighted by Gasteiger charge is -2.18. The molecular formula is C22H29NO2. The molecule has 0 unspecified atom stereocenters. The third-order valence-corrected chi connectivity index (χ3v) is 5.07. The summed E-state index contributed by atoms with van der Waals surface area (Å²) in [6.45, 7) is 7.32. The highest BCUT2D eigenvalue weighted by atomic mass is 16.5. The topological polar surface area (TPSA) is 30.5 Å². The Morgan fingerprint density at radius 2 is 1.64 bits per heavy atom. The molecule has 1 aliphatic carbocycles. The first-order valence-corrected chi connectivity index (χ1v) is 9.22. The van der Waals surface area contributed by atoms with Crippen LogP contribution in [-0.4, -0.2) is 13.2 Å². The molecule has 25 heavy (non-hydrogen) atoms. The van der Waals surface area contributed by atoms with Crippen molar-refractivity contribution in [3.8, 4) is 11.5 Å². The van der Waals surface area contributed by atoms with E-state index in [1.165, 1.54) is 35.1 Å². The Labute approximate surface area is 151 Å². The minimum absolute atomic E-state index is 0.325. The van der Waals surface area contributed by atoms with E-state index in [0.717, 1.165) is 36.6 Å². The maximum Gasteiger partial charge on any atom is 0.163 e. The summed E-state index contributed by atoms with van der Waals surface area (Å²) in [6.07, 6.45) is 5.13. The molecule has 0 bridgehead atoms. The molecule has 3 rings (SSSR count). The first-order chi connectivity index (χ1) is 12.1. The Bertz CT molecular complexity index is 710. The lowest BCUT2D eigenvalue weighted by molar-refractivity contribution is 0.201. The van der Waals surface area contributed by atoms with Gasteiger partial charge in [0, 0.05) is 18.3 Å². The summed E-state index contributed by atoms with van der Waals surface area (Å²) >= 11 is 0. The normalized spacial score (nSPS) is 14.6. The minimum Gasteiger partial charge on any atom is -0.493 e. The fraction of sp³-hybridized carbons (Fsp3) is 0.455. The molecule has 134 valence electrons. The van der Waals surface area contributed by atoms with Crippen molar-refractivity contribution in [1.82, 2.24) is 0 Å². The molecule has 1 aliphatic rings. The number of rotatable bonds is 6. The largest absolute Gasteiger partial charge is 0.493 e. The number of hydrogen-bond acceptors (Lipinski definition) is 3. The van der Waals surface area contributed by atoms with E-state index in [1.807, 2.05) is 6.07 Å². The highest BCUT2D eigenvalue weighted by Gasteiger charge is 2.18. The van der Waals surface area contributed by atoms with Crippen LogP contribution in [0.4, 0.5) is 5.69 Å². The molecule has 1 saturated carbocycles. The van der Waals surface area contributed by atoms with Crippen LogP contribution in [0.15, 0.2) is 30.3 Å². The predicted molar refractivity (Wildman–Crippen MR) is 104 cm³/mol. The third-order valence-electron chi connectivity index (χ3n) is 5.07. The van der Waals surface area contributed by atoms with Gasteiger partial charge in [0.25, 0.3) is 0 Å². The van der Waals surface area contributed by atoms with E-state index in [-0.39, 0.29) is 0 Å². The van der Waals surface area contributed by atoms with Gasteiger partial charge in [0.05, 0.1) is 13.2 Å². The highest BCUT2D eigenvalue weighted by Crippen LogP contribution is 2.34. The molecular weight excluding hydrogens is 310 g/mol. The number of hydrogen-bond donors (Lipinski definition) is 1. The van der Waals surface area contributed by atoms with Crippen LogP contribution in [-0.2, 0) is 6.54 Å². The van der Waals surface area contributed by atoms with Crippen LogP contribution >= 0.6 is 0 Å². The van der Waals surface area contributed by atoms with Crippen molar-refractivity contribution in [2.24, 2.45) is 0 Å². The Balaban J connectivity index is 1.74. The van der Waals surface area contributed by atoms with Gasteiger partial charge in [-0.15, -0.1) is 0 Å². The van der Waals surface area contributed by atoms with Crippen LogP contribution in [0.3, 0.4) is 0 Å². The van der Waals surface area contributed by atoms with Crippen molar-refractivity contribution in [3.63, 3.8) is 0 Å². The lowest BCUT2D eigenvalue weighted by atomic mass is 10.00. The molecule has 0 heterocycles. The Kier molecular flexibility index (Phi) is 5.52. The molecule has 1 N–H and O–H groups in total. The second-order valence-electron chi connectivity index (χ2n) is 7.12. The zero-order valence-electron chi connectivity index (χ0n) is 15.8. The minimum atomic E-state index is 0.325. The van der Waals surface area contributed by atoms with Gasteiger partial charge >= 0.3 is 0 Å². The fourth-order valence-electron chi connectivity index (χ4n) is 3.74. The van der Waals surface area contributed by atoms with Crippen molar-refractivity contribution in [2.45, 2.75) is 59.1 Å². The zero-order chi connectivity index (χ0) is 17.8. The first kappa shape index (κ1) is 17.7. The second-order valence-corrected chi connectivity index (χ2v) is 7.12. The number of aryl methyl sites for hydroxylation is 3. The van der Waals surface area contributed by atoms with Gasteiger partial charge < -0.3 is 14.8 Å². The smallest absolute Gasteiger partial charge is 0.163 e. The number of methoxy groups -OCH3 is 1. The van der Waals surface area contributed by atoms with E-state index < -0.39 is 0 Å². The van der Waals surface area contributed by atoms with Crippen molar-refractivity contribution in [1.29, 1.82) is 0 Å². The molecule has 3 nitrogen and oxygen atoms in total. The molecule has 1 fully saturated rings. The van der Waals surface area contributed by atoms with E-state index >= 15 is 0 Å². The number of anilines is 1. The third kappa shape index (κ3) is 4.28. The van der Waals surface area contributed by atoms with Crippen molar-refractivity contribution < 1.29 is 9.47 Å². The average molecular weight is 339 g/mol. The van der Waals surface area contributed by atoms with Crippen LogP contribution in [0.5, 0.6) is 11.5 Å². The summed E-state index contributed by atoms with van der Waals surface area (Å²) in [6, 6.07) is 10.6. The summed E-state index contributed by atoms with van der Waals surface area (Å²) in [5.74, 6) is 1.65. The lowest BCUT2D eigenvalue weighted by Crippen LogP contribution is -2.12. The Morgan fingerprint density at radius 1 is 0.960 bits per heavy atom. The van der Waals surface area contributed by atoms with E-state index in [9.17, 15) is 0 Å². The molecule has 0 spiro atoms. The van der Waals surface area contributed by atoms with Crippen LogP contribution in [0, 0.1) is 20.8 Å². The van der Waals surface area contributed by atoms with Gasteiger partial charge in [-0.3, -0.25) is 0 Å². The summed E-state index contributed by atoms with van der Waals surface area (Å²) in [7, 11) is 1.70. The van der Waals surface area contributed by atoms with E-state index in [4.69, 9.17) is 9.47 Å². The van der Waals surface area contributed by atoms with Crippen LogP contribution in [0.25, 0.3) is 0 Å². The molecule has 2 aromatic rings. The van der Waals surface area contributed by atoms with Gasteiger partial charge in [0.2, 0.25) is 0 Å². The summed E-state index contributed by atoms with van der Waals surface area (Å²) < 4.78 is 11.7. The van der Waals surface area contributed by atoms with Crippen molar-refractivity contribution in [3.05, 3.63) is 52.6 Å². The van der Waals surface area contributed by atoms with E-state index in [2.05, 4.69) is 50.4 Å². The molecule has 0 aliphatic heterocycles. The van der Waals surface area contributed by atoms with Gasteiger partial charge in [-0.1, -0.05) is 17.7 Å². The van der Waals surface area contributed by atoms with Crippen molar-refractivity contribution in [2.75, 3.05) is 12.4 Å². The fourth-order valence-corrected chi connectivity index (χ4v) is 3.74. The monoisotopic (exact) mass is 339 g/mol. The van der Waals surface area contributed by atoms with Crippen LogP contribution in [0.2, 0.25) is 0 Å². The summed E-state index contributed by atoms with van der Waals surface area (Å²) in [5.41, 5.74) is 6.41. The second kappa shape index (κ2) is 7.81. The van der Waals surface area contributed by atoms with Gasteiger partial charge in [0.15, 0.2) is 11.5 Å². The summed E-state index contributed by atoms with van der Waals surface area (Å²) in [5, 5.41) is 3.54. The van der Waals surface area contributed by atoms with Gasteiger partial charge in [-0.25, -0.2) is 0 Å². The highest BCUT2D eigenvalue weighted by molar-refractivity contribution is 5.55. The van der Waals surface area contributed by atoms with Gasteiger partial charge in [0.1, 0.15) is 0 Å². The van der Waals surface area contributed by atoms with Crippen molar-refractivity contribution >= 4 is 5.69 Å². The van der Waals surface area contributed by atoms with Crippen LogP contribution in [0.1, 0.15) is 47.9 Å². The number of nitrogens with one attached hydrogen (secondary N) is 1. The molecule has 3 heteroatoms. The summed E-state index contributed by atoms with van der Waals surface area (Å²) in [4.78, 5) is 0. The van der Waals surface area contributed by atoms with E-state index in [0.29, 0.717) is 6.10 Å². The zero-order valence-corrected chi connectivity index (χ0v) is 15.8. The molecule has 2 aromatic carbocycles.